The number of rotatable bonds is 13. The lowest BCUT2D eigenvalue weighted by molar-refractivity contribution is -0.148. The second-order valence-corrected chi connectivity index (χ2v) is 6.90. The van der Waals surface area contributed by atoms with Gasteiger partial charge in [0, 0.05) is 25.1 Å². The molecular weight excluding hydrogens is 408 g/mol. The van der Waals surface area contributed by atoms with Crippen molar-refractivity contribution in [2.75, 3.05) is 46.6 Å². The third-order valence-corrected chi connectivity index (χ3v) is 4.09. The van der Waals surface area contributed by atoms with Gasteiger partial charge in [0.1, 0.15) is 26.4 Å². The number of aliphatic hydroxyl groups excluding tert-OH is 1. The molecule has 0 aliphatic heterocycles. The lowest BCUT2D eigenvalue weighted by Gasteiger charge is -2.23. The van der Waals surface area contributed by atoms with Crippen LogP contribution in [0.5, 0.6) is 0 Å². The first-order valence-corrected chi connectivity index (χ1v) is 9.85. The van der Waals surface area contributed by atoms with Crippen molar-refractivity contribution in [2.24, 2.45) is 5.92 Å². The van der Waals surface area contributed by atoms with Gasteiger partial charge in [-0.3, -0.25) is 9.59 Å². The average Bonchev–Trinajstić information content (AvgIpc) is 2.76. The Morgan fingerprint density at radius 1 is 1.06 bits per heavy atom. The number of ether oxygens (including phenoxy) is 3. The van der Waals surface area contributed by atoms with Gasteiger partial charge in [-0.2, -0.15) is 0 Å². The molecule has 172 valence electrons. The largest absolute Gasteiger partial charge is 0.462 e. The molecule has 0 radical (unpaired) electrons. The van der Waals surface area contributed by atoms with Gasteiger partial charge in [0.2, 0.25) is 5.91 Å². The summed E-state index contributed by atoms with van der Waals surface area (Å²) in [5.74, 6) is -1.98. The first-order chi connectivity index (χ1) is 14.8. The fraction of sp³-hybridized carbons (Fsp3) is 0.524. The highest BCUT2D eigenvalue weighted by Gasteiger charge is 2.18. The molecule has 10 nitrogen and oxygen atoms in total. The maximum absolute atomic E-state index is 13.0. The predicted octanol–water partition coefficient (Wildman–Crippen LogP) is 0.126. The second kappa shape index (κ2) is 14.1. The summed E-state index contributed by atoms with van der Waals surface area (Å²) in [5.41, 5.74) is 1.12. The SMILES string of the molecule is COCC(=O)OCCN(CCOC(=O)CO)C(=O)c1cccc(CNC(=O)C(C)C)c1. The Kier molecular flexibility index (Phi) is 11.9. The Morgan fingerprint density at radius 3 is 2.29 bits per heavy atom. The summed E-state index contributed by atoms with van der Waals surface area (Å²) in [4.78, 5) is 48.7. The van der Waals surface area contributed by atoms with Gasteiger partial charge >= 0.3 is 11.9 Å². The van der Waals surface area contributed by atoms with E-state index in [1.165, 1.54) is 12.0 Å². The highest BCUT2D eigenvalue weighted by molar-refractivity contribution is 5.94. The molecule has 1 aromatic carbocycles. The van der Waals surface area contributed by atoms with Crippen LogP contribution in [0.25, 0.3) is 0 Å². The smallest absolute Gasteiger partial charge is 0.332 e. The van der Waals surface area contributed by atoms with E-state index in [2.05, 4.69) is 10.1 Å². The minimum atomic E-state index is -0.804. The zero-order chi connectivity index (χ0) is 23.2. The van der Waals surface area contributed by atoms with Crippen molar-refractivity contribution in [2.45, 2.75) is 20.4 Å². The van der Waals surface area contributed by atoms with E-state index >= 15 is 0 Å². The summed E-state index contributed by atoms with van der Waals surface area (Å²) in [6.07, 6.45) is 0. The van der Waals surface area contributed by atoms with E-state index in [0.29, 0.717) is 5.56 Å². The summed E-state index contributed by atoms with van der Waals surface area (Å²) >= 11 is 0. The molecular formula is C21H30N2O8. The molecule has 0 aliphatic carbocycles. The molecule has 31 heavy (non-hydrogen) atoms. The van der Waals surface area contributed by atoms with Gasteiger partial charge in [-0.25, -0.2) is 9.59 Å². The summed E-state index contributed by atoms with van der Waals surface area (Å²) < 4.78 is 14.5. The number of amides is 2. The lowest BCUT2D eigenvalue weighted by Crippen LogP contribution is -2.37. The Bertz CT molecular complexity index is 751. The van der Waals surface area contributed by atoms with E-state index in [1.54, 1.807) is 38.1 Å². The van der Waals surface area contributed by atoms with Gasteiger partial charge in [0.25, 0.3) is 5.91 Å². The number of aliphatic hydroxyl groups is 1. The molecule has 0 bridgehead atoms. The van der Waals surface area contributed by atoms with Gasteiger partial charge in [-0.1, -0.05) is 26.0 Å². The van der Waals surface area contributed by atoms with E-state index in [1.807, 2.05) is 0 Å². The first kappa shape index (κ1) is 26.1. The third-order valence-electron chi connectivity index (χ3n) is 4.09. The summed E-state index contributed by atoms with van der Waals surface area (Å²) in [7, 11) is 1.36. The molecule has 0 saturated heterocycles. The zero-order valence-electron chi connectivity index (χ0n) is 18.1. The van der Waals surface area contributed by atoms with E-state index < -0.39 is 18.5 Å². The number of nitrogens with one attached hydrogen (secondary N) is 1. The normalized spacial score (nSPS) is 10.5. The monoisotopic (exact) mass is 438 g/mol. The summed E-state index contributed by atoms with van der Waals surface area (Å²) in [6.45, 7) is 2.82. The van der Waals surface area contributed by atoms with Crippen molar-refractivity contribution < 1.29 is 38.5 Å². The minimum absolute atomic E-state index is 0.0424. The Balaban J connectivity index is 2.81. The van der Waals surface area contributed by atoms with Crippen LogP contribution >= 0.6 is 0 Å². The standard InChI is InChI=1S/C21H30N2O8/c1-15(2)20(27)22-12-16-5-4-6-17(11-16)21(28)23(7-9-30-18(25)13-24)8-10-31-19(26)14-29-3/h4-6,11,15,24H,7-10,12-14H2,1-3H3,(H,22,27). The van der Waals surface area contributed by atoms with Crippen molar-refractivity contribution in [3.8, 4) is 0 Å². The van der Waals surface area contributed by atoms with Crippen molar-refractivity contribution in [1.82, 2.24) is 10.2 Å². The summed E-state index contributed by atoms with van der Waals surface area (Å²) in [6, 6.07) is 6.77. The maximum atomic E-state index is 13.0. The minimum Gasteiger partial charge on any atom is -0.462 e. The van der Waals surface area contributed by atoms with Crippen LogP contribution in [0.4, 0.5) is 0 Å². The molecule has 1 aromatic rings. The van der Waals surface area contributed by atoms with Crippen LogP contribution in [0.15, 0.2) is 24.3 Å². The van der Waals surface area contributed by atoms with Crippen LogP contribution in [0.2, 0.25) is 0 Å². The fourth-order valence-electron chi connectivity index (χ4n) is 2.45. The van der Waals surface area contributed by atoms with Gasteiger partial charge in [-0.15, -0.1) is 0 Å². The Hall–Kier alpha value is -2.98. The highest BCUT2D eigenvalue weighted by atomic mass is 16.6. The first-order valence-electron chi connectivity index (χ1n) is 9.85. The molecule has 0 atom stereocenters. The third kappa shape index (κ3) is 10.1. The van der Waals surface area contributed by atoms with Crippen molar-refractivity contribution >= 4 is 23.8 Å². The Morgan fingerprint density at radius 2 is 1.71 bits per heavy atom. The number of methoxy groups -OCH3 is 1. The molecule has 2 N–H and O–H groups in total. The topological polar surface area (TPSA) is 131 Å². The number of esters is 2. The van der Waals surface area contributed by atoms with Crippen LogP contribution in [-0.4, -0.2) is 80.4 Å². The number of carbonyl (C=O) groups excluding carboxylic acids is 4. The molecule has 0 unspecified atom stereocenters. The maximum Gasteiger partial charge on any atom is 0.332 e. The van der Waals surface area contributed by atoms with E-state index in [0.717, 1.165) is 5.56 Å². The van der Waals surface area contributed by atoms with Crippen molar-refractivity contribution in [3.63, 3.8) is 0 Å². The number of carbonyl (C=O) groups is 4. The average molecular weight is 438 g/mol. The van der Waals surface area contributed by atoms with Gasteiger partial charge < -0.3 is 29.5 Å². The Labute approximate surface area is 181 Å². The predicted molar refractivity (Wildman–Crippen MR) is 110 cm³/mol. The molecule has 0 heterocycles. The van der Waals surface area contributed by atoms with Crippen LogP contribution in [0.1, 0.15) is 29.8 Å². The molecule has 0 aliphatic rings. The van der Waals surface area contributed by atoms with Crippen LogP contribution in [0, 0.1) is 5.92 Å². The number of benzene rings is 1. The van der Waals surface area contributed by atoms with Crippen molar-refractivity contribution in [3.05, 3.63) is 35.4 Å². The van der Waals surface area contributed by atoms with Gasteiger partial charge in [0.05, 0.1) is 13.1 Å². The molecule has 0 fully saturated rings. The molecule has 0 saturated carbocycles. The van der Waals surface area contributed by atoms with Crippen LogP contribution in [-0.2, 0) is 35.1 Å². The van der Waals surface area contributed by atoms with Crippen LogP contribution < -0.4 is 5.32 Å². The zero-order valence-corrected chi connectivity index (χ0v) is 18.1. The number of hydrogen-bond acceptors (Lipinski definition) is 8. The molecule has 1 rings (SSSR count). The van der Waals surface area contributed by atoms with Crippen LogP contribution in [0.3, 0.4) is 0 Å². The number of hydrogen-bond donors (Lipinski definition) is 2. The molecule has 0 aromatic heterocycles. The molecule has 2 amide bonds. The van der Waals surface area contributed by atoms with Gasteiger partial charge in [0.15, 0.2) is 0 Å². The van der Waals surface area contributed by atoms with E-state index in [-0.39, 0.29) is 57.2 Å². The van der Waals surface area contributed by atoms with E-state index in [4.69, 9.17) is 14.6 Å². The van der Waals surface area contributed by atoms with E-state index in [9.17, 15) is 19.2 Å². The fourth-order valence-corrected chi connectivity index (χ4v) is 2.45. The summed E-state index contributed by atoms with van der Waals surface area (Å²) in [5, 5.41) is 11.5. The van der Waals surface area contributed by atoms with Crippen molar-refractivity contribution in [1.29, 1.82) is 0 Å². The lowest BCUT2D eigenvalue weighted by atomic mass is 10.1. The number of nitrogens with zero attached hydrogens (tertiary/aromatic N) is 1. The molecule has 10 heteroatoms. The quantitative estimate of drug-likeness (QED) is 0.416. The second-order valence-electron chi connectivity index (χ2n) is 6.90. The molecule has 0 spiro atoms. The highest BCUT2D eigenvalue weighted by Crippen LogP contribution is 2.10. The van der Waals surface area contributed by atoms with Gasteiger partial charge in [-0.05, 0) is 17.7 Å².